The van der Waals surface area contributed by atoms with Crippen LogP contribution in [0.3, 0.4) is 0 Å². The van der Waals surface area contributed by atoms with Gasteiger partial charge in [-0.1, -0.05) is 6.07 Å². The number of pyridine rings is 1. The maximum Gasteiger partial charge on any atom is 0.340 e. The number of carbonyl (C=O) groups excluding carboxylic acids is 1. The molecule has 3 aromatic rings. The largest absolute Gasteiger partial charge is 0.493 e. The fourth-order valence-corrected chi connectivity index (χ4v) is 2.93. The van der Waals surface area contributed by atoms with Crippen LogP contribution in [0, 0.1) is 13.8 Å². The van der Waals surface area contributed by atoms with Gasteiger partial charge in [0, 0.05) is 11.1 Å². The molecule has 1 amide bonds. The third kappa shape index (κ3) is 3.62. The number of nitrogens with zero attached hydrogens (tertiary/aromatic N) is 1. The van der Waals surface area contributed by atoms with Crippen LogP contribution in [0.4, 0.5) is 5.82 Å². The van der Waals surface area contributed by atoms with Crippen molar-refractivity contribution in [1.29, 1.82) is 0 Å². The average Bonchev–Trinajstić information content (AvgIpc) is 2.64. The molecule has 1 N–H and O–H groups in total. The van der Waals surface area contributed by atoms with Crippen LogP contribution in [0.25, 0.3) is 11.0 Å². The number of aromatic nitrogens is 1. The first-order valence-electron chi connectivity index (χ1n) is 8.35. The van der Waals surface area contributed by atoms with Crippen LogP contribution in [-0.2, 0) is 11.2 Å². The van der Waals surface area contributed by atoms with Gasteiger partial charge in [0.15, 0.2) is 11.3 Å². The van der Waals surface area contributed by atoms with Crippen LogP contribution in [0.1, 0.15) is 16.8 Å². The van der Waals surface area contributed by atoms with Gasteiger partial charge in [-0.3, -0.25) is 4.79 Å². The summed E-state index contributed by atoms with van der Waals surface area (Å²) in [5.41, 5.74) is 1.45. The molecule has 0 aliphatic heterocycles. The molecular formula is C20H20N2O5. The molecule has 0 atom stereocenters. The van der Waals surface area contributed by atoms with Gasteiger partial charge in [0.25, 0.3) is 0 Å². The molecule has 2 heterocycles. The van der Waals surface area contributed by atoms with Crippen molar-refractivity contribution in [2.24, 2.45) is 0 Å². The van der Waals surface area contributed by atoms with E-state index < -0.39 is 5.63 Å². The standard InChI is InChI=1S/C20H20N2O5/c1-11-6-5-7-16(21-11)22-17(23)10-14-12(2)13-8-9-15(25-3)19(26-4)18(13)27-20(14)24/h5-9H,10H2,1-4H3,(H,21,22,23). The van der Waals surface area contributed by atoms with E-state index in [1.807, 2.05) is 13.0 Å². The quantitative estimate of drug-likeness (QED) is 0.696. The summed E-state index contributed by atoms with van der Waals surface area (Å²) in [7, 11) is 2.98. The fourth-order valence-electron chi connectivity index (χ4n) is 2.93. The lowest BCUT2D eigenvalue weighted by Crippen LogP contribution is -2.21. The number of fused-ring (bicyclic) bond motifs is 1. The highest BCUT2D eigenvalue weighted by molar-refractivity contribution is 5.93. The predicted octanol–water partition coefficient (Wildman–Crippen LogP) is 3.00. The molecule has 0 spiro atoms. The van der Waals surface area contributed by atoms with E-state index >= 15 is 0 Å². The van der Waals surface area contributed by atoms with E-state index in [2.05, 4.69) is 10.3 Å². The van der Waals surface area contributed by atoms with Gasteiger partial charge in [0.2, 0.25) is 11.7 Å². The maximum absolute atomic E-state index is 12.5. The Morgan fingerprint density at radius 2 is 1.93 bits per heavy atom. The number of methoxy groups -OCH3 is 2. The predicted molar refractivity (Wildman–Crippen MR) is 102 cm³/mol. The Morgan fingerprint density at radius 3 is 2.59 bits per heavy atom. The third-order valence-electron chi connectivity index (χ3n) is 4.29. The van der Waals surface area contributed by atoms with E-state index in [-0.39, 0.29) is 12.3 Å². The van der Waals surface area contributed by atoms with E-state index in [4.69, 9.17) is 13.9 Å². The molecule has 7 heteroatoms. The van der Waals surface area contributed by atoms with Gasteiger partial charge in [0.05, 0.1) is 26.2 Å². The molecule has 7 nitrogen and oxygen atoms in total. The van der Waals surface area contributed by atoms with Crippen molar-refractivity contribution in [2.45, 2.75) is 20.3 Å². The third-order valence-corrected chi connectivity index (χ3v) is 4.29. The van der Waals surface area contributed by atoms with Gasteiger partial charge in [0.1, 0.15) is 5.82 Å². The van der Waals surface area contributed by atoms with Gasteiger partial charge in [-0.25, -0.2) is 9.78 Å². The Balaban J connectivity index is 1.97. The highest BCUT2D eigenvalue weighted by Gasteiger charge is 2.19. The molecule has 0 aliphatic rings. The second-order valence-electron chi connectivity index (χ2n) is 6.06. The number of hydrogen-bond donors (Lipinski definition) is 1. The van der Waals surface area contributed by atoms with Crippen molar-refractivity contribution in [3.8, 4) is 11.5 Å². The Kier molecular flexibility index (Phi) is 5.12. The summed E-state index contributed by atoms with van der Waals surface area (Å²) in [4.78, 5) is 29.1. The normalized spacial score (nSPS) is 10.7. The number of hydrogen-bond acceptors (Lipinski definition) is 6. The number of nitrogens with one attached hydrogen (secondary N) is 1. The molecule has 0 fully saturated rings. The lowest BCUT2D eigenvalue weighted by atomic mass is 10.0. The van der Waals surface area contributed by atoms with Crippen LogP contribution in [0.5, 0.6) is 11.5 Å². The summed E-state index contributed by atoms with van der Waals surface area (Å²) in [5.74, 6) is 0.899. The minimum atomic E-state index is -0.584. The topological polar surface area (TPSA) is 90.7 Å². The molecular weight excluding hydrogens is 348 g/mol. The minimum Gasteiger partial charge on any atom is -0.493 e. The molecule has 1 aromatic carbocycles. The highest BCUT2D eigenvalue weighted by Crippen LogP contribution is 2.36. The Hall–Kier alpha value is -3.35. The number of anilines is 1. The molecule has 140 valence electrons. The zero-order chi connectivity index (χ0) is 19.6. The SMILES string of the molecule is COc1ccc2c(C)c(CC(=O)Nc3cccc(C)n3)c(=O)oc2c1OC. The molecule has 0 unspecified atom stereocenters. The van der Waals surface area contributed by atoms with E-state index in [9.17, 15) is 9.59 Å². The number of aryl methyl sites for hydroxylation is 2. The second-order valence-corrected chi connectivity index (χ2v) is 6.06. The smallest absolute Gasteiger partial charge is 0.340 e. The molecule has 2 aromatic heterocycles. The van der Waals surface area contributed by atoms with Crippen molar-refractivity contribution in [3.63, 3.8) is 0 Å². The van der Waals surface area contributed by atoms with Crippen LogP contribution < -0.4 is 20.4 Å². The van der Waals surface area contributed by atoms with Crippen LogP contribution in [0.15, 0.2) is 39.5 Å². The first-order valence-corrected chi connectivity index (χ1v) is 8.35. The molecule has 0 saturated heterocycles. The van der Waals surface area contributed by atoms with Crippen molar-refractivity contribution < 1.29 is 18.7 Å². The minimum absolute atomic E-state index is 0.117. The summed E-state index contributed by atoms with van der Waals surface area (Å²) in [6.07, 6.45) is -0.117. The van der Waals surface area contributed by atoms with Crippen molar-refractivity contribution in [1.82, 2.24) is 4.98 Å². The van der Waals surface area contributed by atoms with Gasteiger partial charge < -0.3 is 19.2 Å². The van der Waals surface area contributed by atoms with Gasteiger partial charge in [-0.15, -0.1) is 0 Å². The van der Waals surface area contributed by atoms with Crippen molar-refractivity contribution in [2.75, 3.05) is 19.5 Å². The second kappa shape index (κ2) is 7.49. The van der Waals surface area contributed by atoms with Crippen molar-refractivity contribution in [3.05, 3.63) is 57.6 Å². The Bertz CT molecular complexity index is 1070. The van der Waals surface area contributed by atoms with Gasteiger partial charge >= 0.3 is 5.63 Å². The van der Waals surface area contributed by atoms with E-state index in [0.717, 1.165) is 5.69 Å². The molecule has 3 rings (SSSR count). The summed E-state index contributed by atoms with van der Waals surface area (Å²) in [5, 5.41) is 3.38. The Morgan fingerprint density at radius 1 is 1.15 bits per heavy atom. The number of rotatable bonds is 5. The summed E-state index contributed by atoms with van der Waals surface area (Å²) < 4.78 is 16.0. The van der Waals surface area contributed by atoms with E-state index in [1.165, 1.54) is 14.2 Å². The summed E-state index contributed by atoms with van der Waals surface area (Å²) in [6.45, 7) is 3.61. The maximum atomic E-state index is 12.5. The Labute approximate surface area is 155 Å². The monoisotopic (exact) mass is 368 g/mol. The van der Waals surface area contributed by atoms with Gasteiger partial charge in [-0.05, 0) is 43.7 Å². The van der Waals surface area contributed by atoms with Gasteiger partial charge in [-0.2, -0.15) is 0 Å². The lowest BCUT2D eigenvalue weighted by Gasteiger charge is -2.12. The van der Waals surface area contributed by atoms with E-state index in [0.29, 0.717) is 39.4 Å². The average molecular weight is 368 g/mol. The molecule has 0 aliphatic carbocycles. The molecule has 0 radical (unpaired) electrons. The zero-order valence-electron chi connectivity index (χ0n) is 15.6. The highest BCUT2D eigenvalue weighted by atomic mass is 16.5. The molecule has 27 heavy (non-hydrogen) atoms. The number of benzene rings is 1. The molecule has 0 bridgehead atoms. The lowest BCUT2D eigenvalue weighted by molar-refractivity contribution is -0.115. The zero-order valence-corrected chi connectivity index (χ0v) is 15.6. The summed E-state index contributed by atoms with van der Waals surface area (Å²) >= 11 is 0. The number of amides is 1. The first-order chi connectivity index (χ1) is 12.9. The first kappa shape index (κ1) is 18.4. The van der Waals surface area contributed by atoms with Crippen LogP contribution >= 0.6 is 0 Å². The van der Waals surface area contributed by atoms with Crippen molar-refractivity contribution >= 4 is 22.7 Å². The molecule has 0 saturated carbocycles. The summed E-state index contributed by atoms with van der Waals surface area (Å²) in [6, 6.07) is 8.83. The number of carbonyl (C=O) groups is 1. The van der Waals surface area contributed by atoms with Crippen LogP contribution in [0.2, 0.25) is 0 Å². The van der Waals surface area contributed by atoms with Crippen LogP contribution in [-0.4, -0.2) is 25.1 Å². The van der Waals surface area contributed by atoms with E-state index in [1.54, 1.807) is 31.2 Å². The fraction of sp³-hybridized carbons (Fsp3) is 0.250. The number of ether oxygens (including phenoxy) is 2.